The Labute approximate surface area is 210 Å². The smallest absolute Gasteiger partial charge is 0.326 e. The first-order valence-electron chi connectivity index (χ1n) is 11.4. The molecular formula is C28H31NO5S. The predicted octanol–water partition coefficient (Wildman–Crippen LogP) is 4.81. The fourth-order valence-corrected chi connectivity index (χ4v) is 4.21. The van der Waals surface area contributed by atoms with E-state index in [0.717, 1.165) is 33.4 Å². The number of hydrogen-bond acceptors (Lipinski definition) is 5. The zero-order chi connectivity index (χ0) is 25.2. The van der Waals surface area contributed by atoms with E-state index in [2.05, 4.69) is 5.32 Å². The summed E-state index contributed by atoms with van der Waals surface area (Å²) in [6, 6.07) is 19.9. The fourth-order valence-electron chi connectivity index (χ4n) is 3.73. The van der Waals surface area contributed by atoms with E-state index in [1.165, 1.54) is 0 Å². The van der Waals surface area contributed by atoms with Crippen LogP contribution in [0.3, 0.4) is 0 Å². The van der Waals surface area contributed by atoms with Crippen molar-refractivity contribution in [3.05, 3.63) is 94.5 Å². The van der Waals surface area contributed by atoms with Crippen LogP contribution in [0.25, 0.3) is 11.1 Å². The molecule has 0 saturated carbocycles. The Morgan fingerprint density at radius 1 is 0.943 bits per heavy atom. The summed E-state index contributed by atoms with van der Waals surface area (Å²) in [6.45, 7) is 2.76. The number of amides is 1. The second-order valence-corrected chi connectivity index (χ2v) is 9.29. The number of nitrogens with one attached hydrogen (secondary N) is 1. The Morgan fingerprint density at radius 2 is 1.60 bits per heavy atom. The molecule has 7 heteroatoms. The van der Waals surface area contributed by atoms with Crippen molar-refractivity contribution >= 4 is 23.6 Å². The van der Waals surface area contributed by atoms with Gasteiger partial charge in [-0.3, -0.25) is 4.79 Å². The van der Waals surface area contributed by atoms with E-state index in [1.807, 2.05) is 73.8 Å². The van der Waals surface area contributed by atoms with Crippen LogP contribution in [0.2, 0.25) is 0 Å². The lowest BCUT2D eigenvalue weighted by atomic mass is 9.93. The molecule has 3 aromatic carbocycles. The summed E-state index contributed by atoms with van der Waals surface area (Å²) in [7, 11) is 0. The summed E-state index contributed by atoms with van der Waals surface area (Å²) in [5, 5.41) is 21.4. The minimum absolute atomic E-state index is 0.00746. The zero-order valence-corrected chi connectivity index (χ0v) is 20.8. The molecular weight excluding hydrogens is 462 g/mol. The number of aryl methyl sites for hydroxylation is 1. The Morgan fingerprint density at radius 3 is 2.26 bits per heavy atom. The third-order valence-electron chi connectivity index (χ3n) is 5.72. The molecule has 0 fully saturated rings. The van der Waals surface area contributed by atoms with Crippen molar-refractivity contribution in [3.63, 3.8) is 0 Å². The number of carboxylic acids is 1. The SMILES string of the molecule is CSCC[C@H](NC(=O)c1ccc(COCc2ccc(CO)cc2)cc1-c1ccccc1C)C(=O)O. The van der Waals surface area contributed by atoms with E-state index in [9.17, 15) is 19.8 Å². The number of carbonyl (C=O) groups is 2. The van der Waals surface area contributed by atoms with Crippen molar-refractivity contribution < 1.29 is 24.5 Å². The first kappa shape index (κ1) is 26.5. The number of rotatable bonds is 12. The van der Waals surface area contributed by atoms with Crippen molar-refractivity contribution in [2.24, 2.45) is 0 Å². The van der Waals surface area contributed by atoms with Gasteiger partial charge in [0.2, 0.25) is 0 Å². The number of benzene rings is 3. The number of aliphatic hydroxyl groups excluding tert-OH is 1. The Balaban J connectivity index is 1.82. The highest BCUT2D eigenvalue weighted by Crippen LogP contribution is 2.29. The Bertz CT molecular complexity index is 1150. The van der Waals surface area contributed by atoms with Crippen LogP contribution in [0.4, 0.5) is 0 Å². The molecule has 0 unspecified atom stereocenters. The first-order chi connectivity index (χ1) is 16.9. The normalized spacial score (nSPS) is 11.7. The summed E-state index contributed by atoms with van der Waals surface area (Å²) < 4.78 is 5.90. The summed E-state index contributed by atoms with van der Waals surface area (Å²) in [5.74, 6) is -0.809. The molecule has 6 nitrogen and oxygen atoms in total. The van der Waals surface area contributed by atoms with Gasteiger partial charge < -0.3 is 20.3 Å². The topological polar surface area (TPSA) is 95.9 Å². The van der Waals surface area contributed by atoms with Crippen molar-refractivity contribution in [3.8, 4) is 11.1 Å². The monoisotopic (exact) mass is 493 g/mol. The molecule has 0 aliphatic carbocycles. The van der Waals surface area contributed by atoms with E-state index in [1.54, 1.807) is 17.8 Å². The van der Waals surface area contributed by atoms with Crippen molar-refractivity contribution in [1.29, 1.82) is 0 Å². The van der Waals surface area contributed by atoms with Gasteiger partial charge in [0.05, 0.1) is 19.8 Å². The average molecular weight is 494 g/mol. The van der Waals surface area contributed by atoms with Gasteiger partial charge in [-0.05, 0) is 70.9 Å². The molecule has 0 bridgehead atoms. The van der Waals surface area contributed by atoms with Crippen LogP contribution in [-0.2, 0) is 29.4 Å². The second-order valence-electron chi connectivity index (χ2n) is 8.31. The third kappa shape index (κ3) is 7.42. The van der Waals surface area contributed by atoms with E-state index in [4.69, 9.17) is 4.74 Å². The number of carboxylic acid groups (broad SMARTS) is 1. The number of carbonyl (C=O) groups excluding carboxylic acids is 1. The number of hydrogen-bond donors (Lipinski definition) is 3. The van der Waals surface area contributed by atoms with Crippen molar-refractivity contribution in [1.82, 2.24) is 5.32 Å². The largest absolute Gasteiger partial charge is 0.480 e. The van der Waals surface area contributed by atoms with E-state index < -0.39 is 17.9 Å². The van der Waals surface area contributed by atoms with E-state index >= 15 is 0 Å². The molecule has 1 amide bonds. The van der Waals surface area contributed by atoms with Gasteiger partial charge in [-0.2, -0.15) is 11.8 Å². The van der Waals surface area contributed by atoms with Gasteiger partial charge in [-0.1, -0.05) is 54.6 Å². The molecule has 0 heterocycles. The summed E-state index contributed by atoms with van der Waals surface area (Å²) in [5.41, 5.74) is 5.85. The highest BCUT2D eigenvalue weighted by atomic mass is 32.2. The van der Waals surface area contributed by atoms with E-state index in [0.29, 0.717) is 31.0 Å². The maximum atomic E-state index is 13.2. The van der Waals surface area contributed by atoms with Gasteiger partial charge in [0.25, 0.3) is 5.91 Å². The molecule has 0 aliphatic heterocycles. The minimum atomic E-state index is -1.04. The van der Waals surface area contributed by atoms with Gasteiger partial charge in [0.1, 0.15) is 6.04 Å². The fraction of sp³-hybridized carbons (Fsp3) is 0.286. The van der Waals surface area contributed by atoms with Crippen LogP contribution in [0.15, 0.2) is 66.7 Å². The molecule has 0 spiro atoms. The standard InChI is InChI=1S/C28H31NO5S/c1-19-5-3-4-6-23(19)25-15-22(18-34-17-21-9-7-20(16-30)8-10-21)11-12-24(25)27(31)29-26(28(32)33)13-14-35-2/h3-12,15,26,30H,13-14,16-18H2,1-2H3,(H,29,31)(H,32,33)/t26-/m0/s1. The van der Waals surface area contributed by atoms with E-state index in [-0.39, 0.29) is 6.61 Å². The summed E-state index contributed by atoms with van der Waals surface area (Å²) in [4.78, 5) is 24.8. The molecule has 0 aliphatic rings. The zero-order valence-electron chi connectivity index (χ0n) is 20.0. The first-order valence-corrected chi connectivity index (χ1v) is 12.8. The highest BCUT2D eigenvalue weighted by molar-refractivity contribution is 7.98. The number of ether oxygens (including phenoxy) is 1. The third-order valence-corrected chi connectivity index (χ3v) is 6.36. The maximum Gasteiger partial charge on any atom is 0.326 e. The van der Waals surface area contributed by atoms with Gasteiger partial charge in [-0.15, -0.1) is 0 Å². The molecule has 0 radical (unpaired) electrons. The molecule has 0 aromatic heterocycles. The van der Waals surface area contributed by atoms with Crippen LogP contribution in [-0.4, -0.2) is 40.1 Å². The molecule has 184 valence electrons. The van der Waals surface area contributed by atoms with Crippen molar-refractivity contribution in [2.45, 2.75) is 39.2 Å². The lowest BCUT2D eigenvalue weighted by Gasteiger charge is -2.18. The van der Waals surface area contributed by atoms with Gasteiger partial charge in [-0.25, -0.2) is 4.79 Å². The Hall–Kier alpha value is -3.13. The second kappa shape index (κ2) is 13.1. The quantitative estimate of drug-likeness (QED) is 0.335. The van der Waals surface area contributed by atoms with Gasteiger partial charge >= 0.3 is 5.97 Å². The lowest BCUT2D eigenvalue weighted by Crippen LogP contribution is -2.41. The molecule has 3 rings (SSSR count). The minimum Gasteiger partial charge on any atom is -0.480 e. The molecule has 1 atom stereocenters. The number of aliphatic hydroxyl groups is 1. The maximum absolute atomic E-state index is 13.2. The van der Waals surface area contributed by atoms with Crippen LogP contribution in [0.5, 0.6) is 0 Å². The molecule has 3 aromatic rings. The van der Waals surface area contributed by atoms with Crippen LogP contribution in [0, 0.1) is 6.92 Å². The summed E-state index contributed by atoms with van der Waals surface area (Å²) in [6.07, 6.45) is 2.26. The highest BCUT2D eigenvalue weighted by Gasteiger charge is 2.22. The number of thioether (sulfide) groups is 1. The van der Waals surface area contributed by atoms with Crippen LogP contribution >= 0.6 is 11.8 Å². The molecule has 35 heavy (non-hydrogen) atoms. The van der Waals surface area contributed by atoms with Crippen molar-refractivity contribution in [2.75, 3.05) is 12.0 Å². The number of aliphatic carboxylic acids is 1. The van der Waals surface area contributed by atoms with Crippen LogP contribution < -0.4 is 5.32 Å². The Kier molecular flexibility index (Phi) is 9.90. The molecule has 3 N–H and O–H groups in total. The average Bonchev–Trinajstić information content (AvgIpc) is 2.87. The van der Waals surface area contributed by atoms with Gasteiger partial charge in [0.15, 0.2) is 0 Å². The molecule has 0 saturated heterocycles. The summed E-state index contributed by atoms with van der Waals surface area (Å²) >= 11 is 1.54. The van der Waals surface area contributed by atoms with Gasteiger partial charge in [0, 0.05) is 5.56 Å². The lowest BCUT2D eigenvalue weighted by molar-refractivity contribution is -0.139. The van der Waals surface area contributed by atoms with Crippen LogP contribution in [0.1, 0.15) is 39.0 Å². The predicted molar refractivity (Wildman–Crippen MR) is 139 cm³/mol.